The standard InChI is InChI=1S/C19H17Cl2N7O2/c20-2-1-12-14(21)13-17(25-12)26-19(30-9-3-8(16(23)29)4-24-5-9)27-18(13)28-6-10-11(7-28)15(10)22/h1-5,10-11,15H,6-7,22H2,(H2,23,29)(H,25,26,27). The minimum Gasteiger partial charge on any atom is -0.423 e. The number of halogens is 2. The zero-order valence-corrected chi connectivity index (χ0v) is 17.1. The Labute approximate surface area is 181 Å². The number of carbonyl (C=O) groups excluding carboxylic acids is 1. The summed E-state index contributed by atoms with van der Waals surface area (Å²) in [5.74, 6) is 1.25. The highest BCUT2D eigenvalue weighted by atomic mass is 35.5. The predicted octanol–water partition coefficient (Wildman–Crippen LogP) is 2.50. The number of aromatic amines is 1. The lowest BCUT2D eigenvalue weighted by atomic mass is 10.3. The maximum absolute atomic E-state index is 11.4. The third-order valence-electron chi connectivity index (χ3n) is 5.57. The van der Waals surface area contributed by atoms with Gasteiger partial charge < -0.3 is 26.1 Å². The van der Waals surface area contributed by atoms with Crippen LogP contribution in [-0.2, 0) is 0 Å². The van der Waals surface area contributed by atoms with Crippen LogP contribution >= 0.6 is 23.2 Å². The van der Waals surface area contributed by atoms with Gasteiger partial charge in [0, 0.05) is 30.9 Å². The monoisotopic (exact) mass is 445 g/mol. The molecule has 1 amide bonds. The SMILES string of the molecule is NC(=O)c1cncc(Oc2nc(N3CC4C(N)C4C3)c3c(Cl)c(C=CCl)[nH]c3n2)c1. The number of hydrogen-bond acceptors (Lipinski definition) is 7. The number of nitrogens with two attached hydrogens (primary N) is 2. The molecule has 2 aliphatic rings. The van der Waals surface area contributed by atoms with Crippen LogP contribution in [0.5, 0.6) is 11.8 Å². The molecule has 1 saturated carbocycles. The number of aromatic nitrogens is 4. The summed E-state index contributed by atoms with van der Waals surface area (Å²) in [4.78, 5) is 29.7. The molecule has 0 spiro atoms. The lowest BCUT2D eigenvalue weighted by Gasteiger charge is -2.21. The second-order valence-corrected chi connectivity index (χ2v) is 8.01. The van der Waals surface area contributed by atoms with Crippen LogP contribution in [0.2, 0.25) is 5.02 Å². The number of rotatable bonds is 5. The van der Waals surface area contributed by atoms with Gasteiger partial charge in [0.1, 0.15) is 17.2 Å². The number of hydrogen-bond donors (Lipinski definition) is 3. The average molecular weight is 446 g/mol. The van der Waals surface area contributed by atoms with Crippen molar-refractivity contribution in [2.24, 2.45) is 23.3 Å². The largest absolute Gasteiger partial charge is 0.423 e. The van der Waals surface area contributed by atoms with Crippen LogP contribution in [0.15, 0.2) is 24.0 Å². The molecule has 4 heterocycles. The van der Waals surface area contributed by atoms with Gasteiger partial charge in [0.25, 0.3) is 0 Å². The molecule has 1 aliphatic heterocycles. The summed E-state index contributed by atoms with van der Waals surface area (Å²) in [5, 5.41) is 1.17. The zero-order chi connectivity index (χ0) is 21.0. The third kappa shape index (κ3) is 3.15. The van der Waals surface area contributed by atoms with Crippen molar-refractivity contribution in [3.05, 3.63) is 40.3 Å². The first-order valence-electron chi connectivity index (χ1n) is 9.25. The summed E-state index contributed by atoms with van der Waals surface area (Å²) < 4.78 is 5.79. The second kappa shape index (κ2) is 7.12. The van der Waals surface area contributed by atoms with Crippen LogP contribution in [0.3, 0.4) is 0 Å². The van der Waals surface area contributed by atoms with Crippen molar-refractivity contribution >= 4 is 52.0 Å². The molecule has 0 aromatic carbocycles. The Bertz CT molecular complexity index is 1180. The Kier molecular flexibility index (Phi) is 4.53. The molecular weight excluding hydrogens is 429 g/mol. The number of piperidine rings is 1. The Morgan fingerprint density at radius 1 is 1.30 bits per heavy atom. The highest BCUT2D eigenvalue weighted by Gasteiger charge is 2.54. The van der Waals surface area contributed by atoms with Gasteiger partial charge in [0.05, 0.1) is 27.9 Å². The molecule has 0 radical (unpaired) electrons. The molecule has 11 heteroatoms. The maximum Gasteiger partial charge on any atom is 0.326 e. The van der Waals surface area contributed by atoms with Crippen LogP contribution in [0.1, 0.15) is 16.1 Å². The van der Waals surface area contributed by atoms with E-state index in [9.17, 15) is 4.79 Å². The van der Waals surface area contributed by atoms with Crippen molar-refractivity contribution in [3.63, 3.8) is 0 Å². The minimum absolute atomic E-state index is 0.0881. The fourth-order valence-corrected chi connectivity index (χ4v) is 4.36. The number of H-pyrrole nitrogens is 1. The quantitative estimate of drug-likeness (QED) is 0.548. The number of carbonyl (C=O) groups is 1. The number of fused-ring (bicyclic) bond motifs is 2. The molecule has 9 nitrogen and oxygen atoms in total. The van der Waals surface area contributed by atoms with Gasteiger partial charge >= 0.3 is 6.01 Å². The number of ether oxygens (including phenoxy) is 1. The van der Waals surface area contributed by atoms with E-state index in [4.69, 9.17) is 39.4 Å². The summed E-state index contributed by atoms with van der Waals surface area (Å²) in [6.07, 6.45) is 4.46. The van der Waals surface area contributed by atoms with E-state index in [1.807, 2.05) is 0 Å². The topological polar surface area (TPSA) is 136 Å². The summed E-state index contributed by atoms with van der Waals surface area (Å²) in [7, 11) is 0. The predicted molar refractivity (Wildman–Crippen MR) is 114 cm³/mol. The molecule has 5 rings (SSSR count). The summed E-state index contributed by atoms with van der Waals surface area (Å²) in [6, 6.07) is 1.81. The van der Waals surface area contributed by atoms with Gasteiger partial charge in [-0.25, -0.2) is 0 Å². The first-order chi connectivity index (χ1) is 14.5. The zero-order valence-electron chi connectivity index (χ0n) is 15.5. The van der Waals surface area contributed by atoms with Crippen molar-refractivity contribution in [1.29, 1.82) is 0 Å². The summed E-state index contributed by atoms with van der Waals surface area (Å²) >= 11 is 12.3. The van der Waals surface area contributed by atoms with Crippen LogP contribution in [-0.4, -0.2) is 45.0 Å². The Morgan fingerprint density at radius 3 is 2.77 bits per heavy atom. The third-order valence-corrected chi connectivity index (χ3v) is 6.09. The second-order valence-electron chi connectivity index (χ2n) is 7.38. The van der Waals surface area contributed by atoms with Crippen LogP contribution in [0.4, 0.5) is 5.82 Å². The van der Waals surface area contributed by atoms with Crippen molar-refractivity contribution in [2.45, 2.75) is 6.04 Å². The van der Waals surface area contributed by atoms with Crippen LogP contribution in [0, 0.1) is 11.8 Å². The van der Waals surface area contributed by atoms with Crippen molar-refractivity contribution < 1.29 is 9.53 Å². The van der Waals surface area contributed by atoms with Gasteiger partial charge in [-0.1, -0.05) is 23.2 Å². The number of amides is 1. The van der Waals surface area contributed by atoms with Gasteiger partial charge in [-0.15, -0.1) is 0 Å². The van der Waals surface area contributed by atoms with Gasteiger partial charge in [-0.2, -0.15) is 9.97 Å². The lowest BCUT2D eigenvalue weighted by Crippen LogP contribution is -2.29. The summed E-state index contributed by atoms with van der Waals surface area (Å²) in [5.41, 5.74) is 14.1. The number of anilines is 1. The molecule has 2 atom stereocenters. The molecule has 2 unspecified atom stereocenters. The van der Waals surface area contributed by atoms with Gasteiger partial charge in [-0.05, 0) is 24.0 Å². The van der Waals surface area contributed by atoms with E-state index >= 15 is 0 Å². The molecule has 0 bridgehead atoms. The molecule has 1 aliphatic carbocycles. The first-order valence-corrected chi connectivity index (χ1v) is 10.1. The van der Waals surface area contributed by atoms with Crippen LogP contribution < -0.4 is 21.1 Å². The van der Waals surface area contributed by atoms with Crippen molar-refractivity contribution in [2.75, 3.05) is 18.0 Å². The number of primary amides is 1. The fraction of sp³-hybridized carbons (Fsp3) is 0.263. The molecular formula is C19H17Cl2N7O2. The Morgan fingerprint density at radius 2 is 2.07 bits per heavy atom. The number of nitrogens with zero attached hydrogens (tertiary/aromatic N) is 4. The van der Waals surface area contributed by atoms with E-state index < -0.39 is 5.91 Å². The molecule has 5 N–H and O–H groups in total. The first kappa shape index (κ1) is 19.1. The van der Waals surface area contributed by atoms with Crippen molar-refractivity contribution in [1.82, 2.24) is 19.9 Å². The highest BCUT2D eigenvalue weighted by molar-refractivity contribution is 6.38. The summed E-state index contributed by atoms with van der Waals surface area (Å²) in [6.45, 7) is 1.58. The van der Waals surface area contributed by atoms with Crippen LogP contribution in [0.25, 0.3) is 17.1 Å². The minimum atomic E-state index is -0.605. The van der Waals surface area contributed by atoms with E-state index in [-0.39, 0.29) is 17.6 Å². The van der Waals surface area contributed by atoms with Crippen molar-refractivity contribution in [3.8, 4) is 11.8 Å². The molecule has 3 aromatic heterocycles. The lowest BCUT2D eigenvalue weighted by molar-refractivity contribution is 0.0999. The molecule has 154 valence electrons. The molecule has 1 saturated heterocycles. The van der Waals surface area contributed by atoms with E-state index in [2.05, 4.69) is 24.8 Å². The average Bonchev–Trinajstić information content (AvgIpc) is 3.07. The van der Waals surface area contributed by atoms with Gasteiger partial charge in [0.2, 0.25) is 5.91 Å². The van der Waals surface area contributed by atoms with E-state index in [0.717, 1.165) is 13.1 Å². The Hall–Kier alpha value is -2.88. The van der Waals surface area contributed by atoms with E-state index in [0.29, 0.717) is 45.2 Å². The molecule has 2 fully saturated rings. The normalized spacial score (nSPS) is 22.6. The highest BCUT2D eigenvalue weighted by Crippen LogP contribution is 2.47. The molecule has 3 aromatic rings. The Balaban J connectivity index is 1.57. The molecule has 30 heavy (non-hydrogen) atoms. The van der Waals surface area contributed by atoms with E-state index in [1.54, 1.807) is 6.08 Å². The smallest absolute Gasteiger partial charge is 0.326 e. The number of pyridine rings is 1. The number of nitrogens with one attached hydrogen (secondary N) is 1. The van der Waals surface area contributed by atoms with Gasteiger partial charge in [0.15, 0.2) is 0 Å². The van der Waals surface area contributed by atoms with Gasteiger partial charge in [-0.3, -0.25) is 9.78 Å². The maximum atomic E-state index is 11.4. The van der Waals surface area contributed by atoms with E-state index in [1.165, 1.54) is 24.0 Å². The fourth-order valence-electron chi connectivity index (χ4n) is 3.95.